The van der Waals surface area contributed by atoms with Crippen molar-refractivity contribution in [2.24, 2.45) is 0 Å². The molecule has 0 bridgehead atoms. The highest BCUT2D eigenvalue weighted by Crippen LogP contribution is 2.75. The summed E-state index contributed by atoms with van der Waals surface area (Å²) in [6, 6.07) is 9.90. The second kappa shape index (κ2) is 27.7. The molecule has 3 aromatic carbocycles. The van der Waals surface area contributed by atoms with Crippen molar-refractivity contribution in [3.63, 3.8) is 0 Å². The summed E-state index contributed by atoms with van der Waals surface area (Å²) >= 11 is 0. The van der Waals surface area contributed by atoms with Gasteiger partial charge in [0.05, 0.1) is 57.9 Å². The summed E-state index contributed by atoms with van der Waals surface area (Å²) in [7, 11) is -47.1. The molecule has 4 aromatic rings. The van der Waals surface area contributed by atoms with Gasteiger partial charge in [0.15, 0.2) is 5.54 Å². The summed E-state index contributed by atoms with van der Waals surface area (Å²) in [5.41, 5.74) is -2.37. The lowest BCUT2D eigenvalue weighted by Crippen LogP contribution is -2.89. The fraction of sp³-hybridized carbons (Fsp3) is 0.408. The number of aromatic amines is 1. The van der Waals surface area contributed by atoms with E-state index in [-0.39, 0.29) is 105 Å². The minimum Gasteiger partial charge on any atom is -0.748 e. The van der Waals surface area contributed by atoms with Crippen LogP contribution in [0.1, 0.15) is 115 Å². The third kappa shape index (κ3) is 20.2. The number of carbonyl (C=O) groups is 2. The number of aliphatic hydroxyl groups excluding tert-OH is 1. The van der Waals surface area contributed by atoms with Gasteiger partial charge in [-0.2, -0.15) is 30.0 Å². The molecule has 95 heavy (non-hydrogen) atoms. The molecule has 6 unspecified atom stereocenters. The number of aromatic nitrogens is 2. The molecule has 4 aliphatic rings. The molecule has 0 radical (unpaired) electrons. The minimum absolute atomic E-state index is 0.000549. The van der Waals surface area contributed by atoms with Gasteiger partial charge in [-0.05, 0) is 80.7 Å². The highest BCUT2D eigenvalue weighted by molar-refractivity contribution is 7.86. The average Bonchev–Trinajstić information content (AvgIpc) is 1.04. The van der Waals surface area contributed by atoms with Gasteiger partial charge in [-0.15, -0.1) is 0 Å². The van der Waals surface area contributed by atoms with E-state index >= 15 is 0 Å². The van der Waals surface area contributed by atoms with Gasteiger partial charge in [-0.1, -0.05) is 25.0 Å². The Balaban J connectivity index is 0.855. The molecule has 4 aliphatic heterocycles. The maximum absolute atomic E-state index is 13.6. The number of rotatable bonds is 29. The van der Waals surface area contributed by atoms with E-state index in [1.165, 1.54) is 31.2 Å². The molecular weight excluding hydrogens is 1440 g/mol. The number of nitrogens with zero attached hydrogens (tertiary/aromatic N) is 1. The topological polar surface area (TPSA) is 586 Å². The number of carboxylic acid groups (broad SMARTS) is 1. The largest absolute Gasteiger partial charge is 0.748 e. The molecule has 1 fully saturated rings. The van der Waals surface area contributed by atoms with Gasteiger partial charge in [0.25, 0.3) is 21.6 Å². The van der Waals surface area contributed by atoms with E-state index in [2.05, 4.69) is 46.2 Å². The van der Waals surface area contributed by atoms with Crippen molar-refractivity contribution in [1.82, 2.24) is 14.9 Å². The van der Waals surface area contributed by atoms with Crippen molar-refractivity contribution in [2.45, 2.75) is 96.2 Å². The van der Waals surface area contributed by atoms with Crippen LogP contribution in [0.25, 0.3) is 16.7 Å². The van der Waals surface area contributed by atoms with Gasteiger partial charge >= 0.3 is 58.6 Å². The number of ether oxygens (including phenoxy) is 2. The van der Waals surface area contributed by atoms with Gasteiger partial charge in [0.1, 0.15) is 29.6 Å². The minimum atomic E-state index is -6.60. The predicted molar refractivity (Wildman–Crippen MR) is 324 cm³/mol. The Bertz CT molecular complexity index is 4690. The summed E-state index contributed by atoms with van der Waals surface area (Å²) in [5, 5.41) is 27.6. The van der Waals surface area contributed by atoms with Crippen LogP contribution in [0.5, 0.6) is 11.5 Å². The van der Waals surface area contributed by atoms with E-state index < -0.39 is 150 Å². The average molecular weight is 1500 g/mol. The number of amides is 1. The van der Waals surface area contributed by atoms with Gasteiger partial charge in [0.2, 0.25) is 5.36 Å². The first-order chi connectivity index (χ1) is 43.5. The molecule has 0 saturated carbocycles. The molecule has 1 aromatic heterocycles. The molecule has 5 heterocycles. The smallest absolute Gasteiger partial charge is 0.490 e. The quantitative estimate of drug-likeness (QED) is 0.0185. The molecule has 0 spiro atoms. The van der Waals surface area contributed by atoms with E-state index in [0.29, 0.717) is 11.0 Å². The van der Waals surface area contributed by atoms with E-state index in [9.17, 15) is 112 Å². The van der Waals surface area contributed by atoms with Crippen molar-refractivity contribution >= 4 is 101 Å². The van der Waals surface area contributed by atoms with Crippen molar-refractivity contribution in [3.8, 4) is 11.5 Å². The van der Waals surface area contributed by atoms with Crippen LogP contribution < -0.4 is 42.2 Å². The number of H-pyrrole nitrogens is 1. The number of hydrogen-bond acceptors (Lipinski definition) is 26. The second-order valence-corrected chi connectivity index (χ2v) is 35.0. The predicted octanol–water partition coefficient (Wildman–Crippen LogP) is 2.15. The zero-order chi connectivity index (χ0) is 70.6. The number of phosphoric acid groups is 6. The molecule has 0 aliphatic carbocycles. The first-order valence-electron chi connectivity index (χ1n) is 27.4. The molecule has 8 rings (SSSR count). The van der Waals surface area contributed by atoms with Gasteiger partial charge in [0, 0.05) is 77.8 Å². The summed E-state index contributed by atoms with van der Waals surface area (Å²) in [5.74, 6) is -3.71. The number of aryl methyl sites for hydroxylation is 1. The number of hydrogen-bond donors (Lipinski definition) is 13. The molecule has 522 valence electrons. The Kier molecular flexibility index (Phi) is 22.0. The Morgan fingerprint density at radius 1 is 0.747 bits per heavy atom. The molecule has 1 amide bonds. The lowest BCUT2D eigenvalue weighted by atomic mass is 9.84. The normalized spacial score (nSPS) is 21.8. The Hall–Kier alpha value is -5.37. The molecule has 46 heteroatoms. The summed E-state index contributed by atoms with van der Waals surface area (Å²) < 4.78 is 186. The van der Waals surface area contributed by atoms with Gasteiger partial charge in [-0.3, -0.25) is 32.7 Å². The monoisotopic (exact) mass is 1500 g/mol. The molecular formula is C49H61N5O33P6S2. The molecule has 13 N–H and O–H groups in total. The number of fused-ring (bicyclic) bond motifs is 4. The SMILES string of the molecule is Cc1cn([C@H]2C[C@H](O)[C@@H](COP(=O)(O)OP(=O)(O)OP(=O)(O)OP(=O)(O)OP(=O)(O)OP(=O)(O)OCCCCCCNC(=O)c3ccc(C4=c5cc6c(cc5Oc5cc7c(cc54)C(CS(=O)(=O)[O-])=CC(C)(C)N7)=[NH+]C(C)(C)C=C6CS(=O)(=O)O)c(C(=O)O)c3)O2)c(=O)[nH]c1=O. The van der Waals surface area contributed by atoms with Crippen LogP contribution in [0.2, 0.25) is 0 Å². The van der Waals surface area contributed by atoms with Crippen LogP contribution in [0.4, 0.5) is 5.69 Å². The van der Waals surface area contributed by atoms with Gasteiger partial charge < -0.3 is 64.2 Å². The van der Waals surface area contributed by atoms with E-state index in [1.807, 2.05) is 4.98 Å². The number of anilines is 1. The lowest BCUT2D eigenvalue weighted by molar-refractivity contribution is -0.568. The second-order valence-electron chi connectivity index (χ2n) is 22.7. The number of carbonyl (C=O) groups excluding carboxylic acids is 1. The molecule has 1 saturated heterocycles. The Morgan fingerprint density at radius 2 is 1.34 bits per heavy atom. The number of benzene rings is 3. The Morgan fingerprint density at radius 3 is 1.94 bits per heavy atom. The van der Waals surface area contributed by atoms with Crippen LogP contribution in [-0.2, 0) is 83.0 Å². The summed E-state index contributed by atoms with van der Waals surface area (Å²) in [6.45, 7) is 6.39. The van der Waals surface area contributed by atoms with Crippen LogP contribution >= 0.6 is 46.9 Å². The number of unbranched alkanes of at least 4 members (excludes halogenated alkanes) is 3. The van der Waals surface area contributed by atoms with E-state index in [0.717, 1.165) is 16.8 Å². The maximum atomic E-state index is 13.6. The lowest BCUT2D eigenvalue weighted by Gasteiger charge is -2.34. The van der Waals surface area contributed by atoms with Crippen molar-refractivity contribution in [2.75, 3.05) is 36.6 Å². The number of aromatic carboxylic acids is 1. The first kappa shape index (κ1) is 75.4. The molecule has 9 atom stereocenters. The van der Waals surface area contributed by atoms with Crippen molar-refractivity contribution in [1.29, 1.82) is 0 Å². The highest BCUT2D eigenvalue weighted by atomic mass is 32.2. The maximum Gasteiger partial charge on any atom is 0.490 e. The van der Waals surface area contributed by atoms with E-state index in [1.54, 1.807) is 52.0 Å². The fourth-order valence-corrected chi connectivity index (χ4v) is 19.4. The Labute approximate surface area is 537 Å². The van der Waals surface area contributed by atoms with Crippen LogP contribution in [0.3, 0.4) is 0 Å². The molecule has 38 nitrogen and oxygen atoms in total. The van der Waals surface area contributed by atoms with Crippen molar-refractivity contribution in [3.05, 3.63) is 131 Å². The van der Waals surface area contributed by atoms with Gasteiger partial charge in [-0.25, -0.2) is 50.4 Å². The highest BCUT2D eigenvalue weighted by Gasteiger charge is 2.50. The summed E-state index contributed by atoms with van der Waals surface area (Å²) in [6.07, 6.45) is -0.0211. The summed E-state index contributed by atoms with van der Waals surface area (Å²) in [4.78, 5) is 115. The first-order valence-corrected chi connectivity index (χ1v) is 39.6. The number of phosphoric ester groups is 2. The number of carboxylic acids is 1. The third-order valence-corrected chi connectivity index (χ3v) is 24.4. The van der Waals surface area contributed by atoms with Crippen LogP contribution in [-0.4, -0.2) is 141 Å². The zero-order valence-electron chi connectivity index (χ0n) is 49.8. The number of aliphatic hydroxyl groups is 1. The third-order valence-electron chi connectivity index (χ3n) is 13.8. The fourth-order valence-electron chi connectivity index (χ4n) is 10.3. The van der Waals surface area contributed by atoms with E-state index in [4.69, 9.17) is 9.47 Å². The number of nitrogens with one attached hydrogen (secondary N) is 4. The van der Waals surface area contributed by atoms with Crippen LogP contribution in [0.15, 0.2) is 70.4 Å². The zero-order valence-corrected chi connectivity index (χ0v) is 56.8. The standard InChI is InChI=1S/C49H61N5O33P6S2/c1-26-22-54(47(60)51-44(26)56)42-19-38(55)41(82-42)23-80-89(63,64)84-91(67,68)86-93(71,72)87-92(69,70)85-90(65,66)83-88(61,62)79-13-9-7-6-8-12-50-45(57)27-10-11-30(33(14-27)46(58)59)43-34-15-31-28(24-94(73,74)75)20-48(2,3)52-36(31)17-39(34)81-40-18-37-32(16-35(40)43)29(25-95(76,77)78)21-49(4,5)53-37/h10-11,14-18,20-22,38,41-42,52,55H,6-9,12-13,19,23-25H2,1-5H3,(H,50,57)(H,58,59)(H,61,62)(H,63,64)(H,65,66)(H,67,68)(H,69,70)(H,71,72)(H,51,56,60)(H,73,74,75)(H,76,77,78)/t38-,41+,42+/m0/s1. The van der Waals surface area contributed by atoms with Crippen LogP contribution in [0, 0.1) is 6.92 Å². The van der Waals surface area contributed by atoms with Crippen molar-refractivity contribution < 1.29 is 148 Å².